The Morgan fingerprint density at radius 2 is 1.51 bits per heavy atom. The monoisotopic (exact) mass is 508 g/mol. The van der Waals surface area contributed by atoms with Crippen molar-refractivity contribution in [2.75, 3.05) is 0 Å². The van der Waals surface area contributed by atoms with E-state index >= 15 is 0 Å². The molecule has 35 heavy (non-hydrogen) atoms. The quantitative estimate of drug-likeness (QED) is 0.372. The first-order valence-electron chi connectivity index (χ1n) is 12.1. The molecule has 182 valence electrons. The Hall–Kier alpha value is -2.82. The zero-order chi connectivity index (χ0) is 24.6. The van der Waals surface area contributed by atoms with Crippen molar-refractivity contribution in [3.05, 3.63) is 106 Å². The van der Waals surface area contributed by atoms with Crippen LogP contribution in [-0.4, -0.2) is 28.8 Å². The van der Waals surface area contributed by atoms with Crippen molar-refractivity contribution in [1.82, 2.24) is 10.2 Å². The molecule has 0 spiro atoms. The molecule has 1 aliphatic carbocycles. The van der Waals surface area contributed by atoms with Crippen LogP contribution in [-0.2, 0) is 29.0 Å². The van der Waals surface area contributed by atoms with Crippen molar-refractivity contribution in [3.63, 3.8) is 0 Å². The minimum atomic E-state index is -0.649. The first-order valence-corrected chi connectivity index (χ1v) is 12.9. The third-order valence-corrected chi connectivity index (χ3v) is 7.16. The number of hydrogen-bond donors (Lipinski definition) is 1. The molecule has 4 nitrogen and oxygen atoms in total. The van der Waals surface area contributed by atoms with Gasteiger partial charge in [-0.3, -0.25) is 9.59 Å². The molecule has 1 N–H and O–H groups in total. The maximum absolute atomic E-state index is 13.8. The van der Waals surface area contributed by atoms with Crippen molar-refractivity contribution < 1.29 is 9.59 Å². The molecule has 0 bridgehead atoms. The summed E-state index contributed by atoms with van der Waals surface area (Å²) in [5.41, 5.74) is 2.66. The van der Waals surface area contributed by atoms with Gasteiger partial charge in [-0.25, -0.2) is 0 Å². The van der Waals surface area contributed by atoms with Crippen LogP contribution in [0.2, 0.25) is 10.0 Å². The molecule has 1 unspecified atom stereocenters. The van der Waals surface area contributed by atoms with Gasteiger partial charge in [0.05, 0.1) is 6.42 Å². The van der Waals surface area contributed by atoms with E-state index in [0.717, 1.165) is 42.4 Å². The average Bonchev–Trinajstić information content (AvgIpc) is 3.37. The molecule has 3 aromatic carbocycles. The van der Waals surface area contributed by atoms with Crippen LogP contribution in [0.1, 0.15) is 42.4 Å². The zero-order valence-corrected chi connectivity index (χ0v) is 21.1. The minimum Gasteiger partial charge on any atom is -0.352 e. The van der Waals surface area contributed by atoms with Crippen LogP contribution in [0.3, 0.4) is 0 Å². The number of halogens is 2. The van der Waals surface area contributed by atoms with Gasteiger partial charge in [0.1, 0.15) is 6.04 Å². The molecule has 1 atom stereocenters. The van der Waals surface area contributed by atoms with Crippen LogP contribution in [0.15, 0.2) is 78.9 Å². The van der Waals surface area contributed by atoms with E-state index in [4.69, 9.17) is 23.2 Å². The lowest BCUT2D eigenvalue weighted by molar-refractivity contribution is -0.141. The number of rotatable bonds is 9. The second-order valence-corrected chi connectivity index (χ2v) is 9.96. The normalized spacial score (nSPS) is 14.5. The Morgan fingerprint density at radius 1 is 0.857 bits per heavy atom. The third kappa shape index (κ3) is 7.09. The summed E-state index contributed by atoms with van der Waals surface area (Å²) in [6.45, 7) is 0.302. The predicted molar refractivity (Wildman–Crippen MR) is 141 cm³/mol. The molecule has 0 aromatic heterocycles. The molecule has 0 aliphatic heterocycles. The molecule has 2 amide bonds. The topological polar surface area (TPSA) is 49.4 Å². The fourth-order valence-corrected chi connectivity index (χ4v) is 4.94. The fraction of sp³-hybridized carbons (Fsp3) is 0.310. The smallest absolute Gasteiger partial charge is 0.243 e. The fourth-order valence-electron chi connectivity index (χ4n) is 4.61. The first-order chi connectivity index (χ1) is 17.0. The highest BCUT2D eigenvalue weighted by atomic mass is 35.5. The second-order valence-electron chi connectivity index (χ2n) is 9.11. The van der Waals surface area contributed by atoms with Gasteiger partial charge in [0, 0.05) is 29.1 Å². The van der Waals surface area contributed by atoms with E-state index in [0.29, 0.717) is 23.0 Å². The number of carbonyl (C=O) groups is 2. The minimum absolute atomic E-state index is 0.109. The largest absolute Gasteiger partial charge is 0.352 e. The first kappa shape index (κ1) is 25.3. The highest BCUT2D eigenvalue weighted by molar-refractivity contribution is 6.31. The summed E-state index contributed by atoms with van der Waals surface area (Å²) in [6, 6.07) is 24.1. The average molecular weight is 509 g/mol. The molecule has 1 aliphatic rings. The molecular weight excluding hydrogens is 479 g/mol. The Bertz CT molecular complexity index is 1130. The molecule has 1 fully saturated rings. The number of carbonyl (C=O) groups excluding carboxylic acids is 2. The van der Waals surface area contributed by atoms with Crippen LogP contribution in [0, 0.1) is 0 Å². The van der Waals surface area contributed by atoms with Gasteiger partial charge in [-0.1, -0.05) is 96.7 Å². The standard InChI is InChI=1S/C29H30Cl2N2O2/c30-24-16-14-22(15-17-24)20-33(28(34)19-23-10-4-7-13-26(23)31)27(18-21-8-2-1-3-9-21)29(35)32-25-11-5-6-12-25/h1-4,7-10,13-17,25,27H,5-6,11-12,18-20H2,(H,32,35). The third-order valence-electron chi connectivity index (χ3n) is 6.54. The summed E-state index contributed by atoms with van der Waals surface area (Å²) < 4.78 is 0. The lowest BCUT2D eigenvalue weighted by atomic mass is 10.0. The highest BCUT2D eigenvalue weighted by Gasteiger charge is 2.32. The number of hydrogen-bond acceptors (Lipinski definition) is 2. The maximum Gasteiger partial charge on any atom is 0.243 e. The van der Waals surface area contributed by atoms with Gasteiger partial charge in [-0.05, 0) is 47.7 Å². The van der Waals surface area contributed by atoms with E-state index < -0.39 is 6.04 Å². The zero-order valence-electron chi connectivity index (χ0n) is 19.6. The van der Waals surface area contributed by atoms with Crippen molar-refractivity contribution >= 4 is 35.0 Å². The lowest BCUT2D eigenvalue weighted by Crippen LogP contribution is -2.52. The second kappa shape index (κ2) is 12.2. The Kier molecular flexibility index (Phi) is 8.84. The van der Waals surface area contributed by atoms with Crippen molar-refractivity contribution in [2.24, 2.45) is 0 Å². The van der Waals surface area contributed by atoms with Gasteiger partial charge in [0.2, 0.25) is 11.8 Å². The van der Waals surface area contributed by atoms with E-state index in [1.54, 1.807) is 23.1 Å². The SMILES string of the molecule is O=C(NC1CCCC1)C(Cc1ccccc1)N(Cc1ccc(Cl)cc1)C(=O)Cc1ccccc1Cl. The summed E-state index contributed by atoms with van der Waals surface area (Å²) in [7, 11) is 0. The van der Waals surface area contributed by atoms with Gasteiger partial charge >= 0.3 is 0 Å². The molecule has 3 aromatic rings. The molecular formula is C29H30Cl2N2O2. The molecule has 6 heteroatoms. The van der Waals surface area contributed by atoms with Crippen LogP contribution in [0.4, 0.5) is 0 Å². The van der Waals surface area contributed by atoms with Crippen LogP contribution >= 0.6 is 23.2 Å². The van der Waals surface area contributed by atoms with Crippen LogP contribution in [0.25, 0.3) is 0 Å². The Balaban J connectivity index is 1.66. The van der Waals surface area contributed by atoms with E-state index in [9.17, 15) is 9.59 Å². The number of benzene rings is 3. The molecule has 0 radical (unpaired) electrons. The highest BCUT2D eigenvalue weighted by Crippen LogP contribution is 2.22. The molecule has 0 heterocycles. The van der Waals surface area contributed by atoms with Gasteiger partial charge in [-0.15, -0.1) is 0 Å². The number of amides is 2. The molecule has 0 saturated heterocycles. The van der Waals surface area contributed by atoms with Gasteiger partial charge in [0.25, 0.3) is 0 Å². The van der Waals surface area contributed by atoms with Crippen molar-refractivity contribution in [1.29, 1.82) is 0 Å². The van der Waals surface area contributed by atoms with Gasteiger partial charge < -0.3 is 10.2 Å². The van der Waals surface area contributed by atoms with E-state index in [1.807, 2.05) is 60.7 Å². The summed E-state index contributed by atoms with van der Waals surface area (Å²) in [4.78, 5) is 29.1. The predicted octanol–water partition coefficient (Wildman–Crippen LogP) is 6.23. The van der Waals surface area contributed by atoms with E-state index in [1.165, 1.54) is 0 Å². The Morgan fingerprint density at radius 3 is 2.20 bits per heavy atom. The van der Waals surface area contributed by atoms with Gasteiger partial charge in [0.15, 0.2) is 0 Å². The number of nitrogens with one attached hydrogen (secondary N) is 1. The summed E-state index contributed by atoms with van der Waals surface area (Å²) in [5, 5.41) is 4.40. The van der Waals surface area contributed by atoms with Crippen LogP contribution < -0.4 is 5.32 Å². The lowest BCUT2D eigenvalue weighted by Gasteiger charge is -2.32. The maximum atomic E-state index is 13.8. The van der Waals surface area contributed by atoms with Crippen LogP contribution in [0.5, 0.6) is 0 Å². The van der Waals surface area contributed by atoms with E-state index in [-0.39, 0.29) is 24.3 Å². The molecule has 4 rings (SSSR count). The Labute approximate surface area is 217 Å². The van der Waals surface area contributed by atoms with Gasteiger partial charge in [-0.2, -0.15) is 0 Å². The van der Waals surface area contributed by atoms with Crippen molar-refractivity contribution in [3.8, 4) is 0 Å². The summed E-state index contributed by atoms with van der Waals surface area (Å²) in [5.74, 6) is -0.252. The summed E-state index contributed by atoms with van der Waals surface area (Å²) >= 11 is 12.5. The molecule has 1 saturated carbocycles. The summed E-state index contributed by atoms with van der Waals surface area (Å²) in [6.07, 6.45) is 4.75. The van der Waals surface area contributed by atoms with Crippen molar-refractivity contribution in [2.45, 2.75) is 57.2 Å². The van der Waals surface area contributed by atoms with E-state index in [2.05, 4.69) is 5.32 Å². The number of nitrogens with zero attached hydrogens (tertiary/aromatic N) is 1.